The van der Waals surface area contributed by atoms with E-state index in [1.54, 1.807) is 0 Å². The summed E-state index contributed by atoms with van der Waals surface area (Å²) < 4.78 is 2.80. The third-order valence-electron chi connectivity index (χ3n) is 2.35. The molecule has 1 aromatic heterocycles. The Morgan fingerprint density at radius 2 is 2.19 bits per heavy atom. The predicted octanol–water partition coefficient (Wildman–Crippen LogP) is 2.40. The fourth-order valence-corrected chi connectivity index (χ4v) is 2.28. The minimum atomic E-state index is -0.789. The van der Waals surface area contributed by atoms with Crippen LogP contribution in [0.4, 0.5) is 0 Å². The average molecular weight is 289 g/mol. The van der Waals surface area contributed by atoms with Crippen molar-refractivity contribution in [1.29, 1.82) is 0 Å². The van der Waals surface area contributed by atoms with Crippen molar-refractivity contribution in [2.75, 3.05) is 0 Å². The molecule has 0 aliphatic carbocycles. The number of rotatable bonds is 5. The molecule has 16 heavy (non-hydrogen) atoms. The monoisotopic (exact) mass is 288 g/mol. The van der Waals surface area contributed by atoms with Crippen LogP contribution in [-0.2, 0) is 24.7 Å². The normalized spacial score (nSPS) is 11.1. The van der Waals surface area contributed by atoms with Gasteiger partial charge in [-0.2, -0.15) is 5.10 Å². The Kier molecular flexibility index (Phi) is 4.53. The predicted molar refractivity (Wildman–Crippen MR) is 65.4 cm³/mol. The molecular formula is C11H17BrN2O2. The Morgan fingerprint density at radius 1 is 1.56 bits per heavy atom. The maximum Gasteiger partial charge on any atom is 0.303 e. The van der Waals surface area contributed by atoms with Gasteiger partial charge in [0.15, 0.2) is 0 Å². The molecule has 0 saturated heterocycles. The van der Waals surface area contributed by atoms with Crippen molar-refractivity contribution in [1.82, 2.24) is 9.78 Å². The molecule has 0 amide bonds. The number of carbonyl (C=O) groups is 1. The quantitative estimate of drug-likeness (QED) is 0.905. The summed E-state index contributed by atoms with van der Waals surface area (Å²) in [7, 11) is 1.90. The zero-order chi connectivity index (χ0) is 12.3. The van der Waals surface area contributed by atoms with E-state index in [0.717, 1.165) is 22.3 Å². The van der Waals surface area contributed by atoms with Crippen molar-refractivity contribution in [3.63, 3.8) is 0 Å². The highest BCUT2D eigenvalue weighted by Gasteiger charge is 2.15. The number of carboxylic acid groups (broad SMARTS) is 1. The summed E-state index contributed by atoms with van der Waals surface area (Å²) in [5.74, 6) is -0.234. The summed E-state index contributed by atoms with van der Waals surface area (Å²) in [5.41, 5.74) is 1.97. The van der Waals surface area contributed by atoms with Crippen LogP contribution in [-0.4, -0.2) is 20.9 Å². The molecule has 0 fully saturated rings. The van der Waals surface area contributed by atoms with Crippen molar-refractivity contribution in [2.24, 2.45) is 13.0 Å². The molecule has 0 bridgehead atoms. The van der Waals surface area contributed by atoms with E-state index in [-0.39, 0.29) is 6.42 Å². The van der Waals surface area contributed by atoms with Crippen LogP contribution in [0.5, 0.6) is 0 Å². The van der Waals surface area contributed by atoms with Crippen LogP contribution in [0.3, 0.4) is 0 Å². The molecule has 0 aliphatic heterocycles. The summed E-state index contributed by atoms with van der Waals surface area (Å²) in [4.78, 5) is 10.5. The maximum atomic E-state index is 10.5. The van der Waals surface area contributed by atoms with Gasteiger partial charge in [0, 0.05) is 13.5 Å². The van der Waals surface area contributed by atoms with Crippen molar-refractivity contribution < 1.29 is 9.90 Å². The van der Waals surface area contributed by atoms with E-state index < -0.39 is 5.97 Å². The van der Waals surface area contributed by atoms with Crippen LogP contribution in [0.2, 0.25) is 0 Å². The van der Waals surface area contributed by atoms with Gasteiger partial charge in [-0.05, 0) is 28.3 Å². The summed E-state index contributed by atoms with van der Waals surface area (Å²) in [5, 5.41) is 13.0. The fraction of sp³-hybridized carbons (Fsp3) is 0.636. The number of halogens is 1. The van der Waals surface area contributed by atoms with E-state index in [4.69, 9.17) is 5.11 Å². The van der Waals surface area contributed by atoms with Gasteiger partial charge in [-0.15, -0.1) is 0 Å². The molecule has 1 heterocycles. The van der Waals surface area contributed by atoms with Crippen molar-refractivity contribution in [2.45, 2.75) is 33.1 Å². The minimum absolute atomic E-state index is 0.122. The van der Waals surface area contributed by atoms with E-state index in [0.29, 0.717) is 12.3 Å². The number of nitrogens with zero attached hydrogens (tertiary/aromatic N) is 2. The van der Waals surface area contributed by atoms with Gasteiger partial charge in [0.25, 0.3) is 0 Å². The Balaban J connectivity index is 2.84. The van der Waals surface area contributed by atoms with E-state index in [9.17, 15) is 4.79 Å². The molecule has 0 saturated carbocycles. The second-order valence-electron chi connectivity index (χ2n) is 4.32. The van der Waals surface area contributed by atoms with Gasteiger partial charge >= 0.3 is 5.97 Å². The van der Waals surface area contributed by atoms with E-state index >= 15 is 0 Å². The zero-order valence-corrected chi connectivity index (χ0v) is 11.4. The van der Waals surface area contributed by atoms with Gasteiger partial charge in [-0.1, -0.05) is 13.8 Å². The van der Waals surface area contributed by atoms with Crippen LogP contribution in [0.15, 0.2) is 4.47 Å². The lowest BCUT2D eigenvalue weighted by Crippen LogP contribution is -2.02. The molecule has 0 unspecified atom stereocenters. The molecule has 0 atom stereocenters. The Morgan fingerprint density at radius 3 is 2.69 bits per heavy atom. The van der Waals surface area contributed by atoms with Gasteiger partial charge in [0.1, 0.15) is 0 Å². The number of aryl methyl sites for hydroxylation is 2. The third kappa shape index (κ3) is 3.33. The lowest BCUT2D eigenvalue weighted by atomic mass is 10.1. The summed E-state index contributed by atoms with van der Waals surface area (Å²) >= 11 is 3.50. The second-order valence-corrected chi connectivity index (χ2v) is 5.12. The molecule has 90 valence electrons. The topological polar surface area (TPSA) is 55.1 Å². The molecule has 0 radical (unpaired) electrons. The minimum Gasteiger partial charge on any atom is -0.481 e. The number of hydrogen-bond donors (Lipinski definition) is 1. The lowest BCUT2D eigenvalue weighted by Gasteiger charge is -2.05. The molecule has 1 N–H and O–H groups in total. The number of aliphatic carboxylic acids is 1. The number of hydrogen-bond acceptors (Lipinski definition) is 2. The molecule has 0 aliphatic rings. The van der Waals surface area contributed by atoms with Gasteiger partial charge in [0.05, 0.1) is 22.3 Å². The van der Waals surface area contributed by atoms with Crippen LogP contribution < -0.4 is 0 Å². The van der Waals surface area contributed by atoms with Gasteiger partial charge < -0.3 is 5.11 Å². The smallest absolute Gasteiger partial charge is 0.303 e. The lowest BCUT2D eigenvalue weighted by molar-refractivity contribution is -0.136. The summed E-state index contributed by atoms with van der Waals surface area (Å²) in [6.45, 7) is 4.30. The maximum absolute atomic E-state index is 10.5. The second kappa shape index (κ2) is 5.48. The summed E-state index contributed by atoms with van der Waals surface area (Å²) in [6, 6.07) is 0. The molecule has 1 rings (SSSR count). The molecule has 0 aromatic carbocycles. The molecule has 0 spiro atoms. The Bertz CT molecular complexity index is 386. The van der Waals surface area contributed by atoms with Gasteiger partial charge in [-0.3, -0.25) is 9.48 Å². The Labute approximate surface area is 104 Å². The van der Waals surface area contributed by atoms with Crippen molar-refractivity contribution in [3.8, 4) is 0 Å². The van der Waals surface area contributed by atoms with Crippen LogP contribution in [0.25, 0.3) is 0 Å². The first-order valence-electron chi connectivity index (χ1n) is 5.33. The first-order valence-corrected chi connectivity index (χ1v) is 6.13. The SMILES string of the molecule is CC(C)Cc1c(Br)c(CCC(=O)O)nn1C. The zero-order valence-electron chi connectivity index (χ0n) is 9.83. The highest BCUT2D eigenvalue weighted by atomic mass is 79.9. The van der Waals surface area contributed by atoms with Gasteiger partial charge in [0.2, 0.25) is 0 Å². The highest BCUT2D eigenvalue weighted by Crippen LogP contribution is 2.24. The van der Waals surface area contributed by atoms with E-state index in [1.165, 1.54) is 0 Å². The van der Waals surface area contributed by atoms with Crippen LogP contribution in [0.1, 0.15) is 31.7 Å². The first-order chi connectivity index (χ1) is 7.41. The van der Waals surface area contributed by atoms with Crippen LogP contribution in [0, 0.1) is 5.92 Å². The molecule has 4 nitrogen and oxygen atoms in total. The number of carboxylic acids is 1. The molecule has 1 aromatic rings. The van der Waals surface area contributed by atoms with Crippen molar-refractivity contribution in [3.05, 3.63) is 15.9 Å². The molecule has 5 heteroatoms. The third-order valence-corrected chi connectivity index (χ3v) is 3.26. The largest absolute Gasteiger partial charge is 0.481 e. The van der Waals surface area contributed by atoms with E-state index in [2.05, 4.69) is 34.9 Å². The fourth-order valence-electron chi connectivity index (χ4n) is 1.59. The average Bonchev–Trinajstić information content (AvgIpc) is 2.42. The summed E-state index contributed by atoms with van der Waals surface area (Å²) in [6.07, 6.45) is 1.54. The standard InChI is InChI=1S/C11H17BrN2O2/c1-7(2)6-9-11(12)8(13-14(9)3)4-5-10(15)16/h7H,4-6H2,1-3H3,(H,15,16). The Hall–Kier alpha value is -0.840. The molecular weight excluding hydrogens is 272 g/mol. The van der Waals surface area contributed by atoms with Crippen LogP contribution >= 0.6 is 15.9 Å². The van der Waals surface area contributed by atoms with Gasteiger partial charge in [-0.25, -0.2) is 0 Å². The first kappa shape index (κ1) is 13.2. The van der Waals surface area contributed by atoms with E-state index in [1.807, 2.05) is 11.7 Å². The van der Waals surface area contributed by atoms with Crippen molar-refractivity contribution >= 4 is 21.9 Å². The highest BCUT2D eigenvalue weighted by molar-refractivity contribution is 9.10. The number of aromatic nitrogens is 2.